The van der Waals surface area contributed by atoms with Gasteiger partial charge in [-0.1, -0.05) is 6.42 Å². The molecule has 0 aromatic carbocycles. The molecule has 5 heteroatoms. The highest BCUT2D eigenvalue weighted by Gasteiger charge is 2.21. The molecule has 0 aromatic rings. The molecule has 0 unspecified atom stereocenters. The van der Waals surface area contributed by atoms with Gasteiger partial charge in [0.1, 0.15) is 0 Å². The van der Waals surface area contributed by atoms with Gasteiger partial charge in [0, 0.05) is 13.5 Å². The monoisotopic (exact) mass is 215 g/mol. The van der Waals surface area contributed by atoms with Crippen LogP contribution in [0.25, 0.3) is 0 Å². The maximum atomic E-state index is 11.7. The molecule has 0 aromatic heterocycles. The summed E-state index contributed by atoms with van der Waals surface area (Å²) in [6.07, 6.45) is 2.26. The molecule has 0 rings (SSSR count). The molecule has 0 bridgehead atoms. The smallest absolute Gasteiger partial charge is 0.246 e. The van der Waals surface area contributed by atoms with Crippen molar-refractivity contribution in [2.24, 2.45) is 11.5 Å². The first-order valence-electron chi connectivity index (χ1n) is 5.32. The second-order valence-electron chi connectivity index (χ2n) is 3.49. The number of rotatable bonds is 6. The number of nitrogens with zero attached hydrogens (tertiary/aromatic N) is 1. The summed E-state index contributed by atoms with van der Waals surface area (Å²) in [6, 6.07) is -0.583. The number of likely N-dealkylation sites (N-methyl/N-ethyl adjacent to an activating group) is 1. The van der Waals surface area contributed by atoms with Gasteiger partial charge in [0.2, 0.25) is 11.8 Å². The molecule has 0 heterocycles. The fourth-order valence-electron chi connectivity index (χ4n) is 1.37. The summed E-state index contributed by atoms with van der Waals surface area (Å²) < 4.78 is 0. The van der Waals surface area contributed by atoms with Crippen LogP contribution in [0.1, 0.15) is 33.1 Å². The number of hydrogen-bond acceptors (Lipinski definition) is 4. The van der Waals surface area contributed by atoms with E-state index >= 15 is 0 Å². The van der Waals surface area contributed by atoms with Crippen LogP contribution in [0.3, 0.4) is 0 Å². The number of carbonyl (C=O) groups excluding carboxylic acids is 2. The van der Waals surface area contributed by atoms with Crippen molar-refractivity contribution in [1.29, 1.82) is 0 Å². The zero-order valence-corrected chi connectivity index (χ0v) is 9.53. The van der Waals surface area contributed by atoms with Crippen LogP contribution in [0.15, 0.2) is 0 Å². The van der Waals surface area contributed by atoms with Crippen molar-refractivity contribution >= 4 is 11.8 Å². The van der Waals surface area contributed by atoms with Crippen LogP contribution in [0, 0.1) is 0 Å². The van der Waals surface area contributed by atoms with Crippen LogP contribution < -0.4 is 11.5 Å². The lowest BCUT2D eigenvalue weighted by molar-refractivity contribution is -0.144. The standard InChI is InChI=1S/C10H21N3O2/c1-3-13(8(2)14)10(15)9(12)6-4-5-7-11/h9H,3-7,11-12H2,1-2H3/t9-/m0/s1. The number of hydrogen-bond donors (Lipinski definition) is 2. The summed E-state index contributed by atoms with van der Waals surface area (Å²) in [5, 5.41) is 0. The van der Waals surface area contributed by atoms with E-state index in [4.69, 9.17) is 11.5 Å². The van der Waals surface area contributed by atoms with Crippen molar-refractivity contribution in [1.82, 2.24) is 4.90 Å². The van der Waals surface area contributed by atoms with Crippen LogP contribution >= 0.6 is 0 Å². The van der Waals surface area contributed by atoms with Crippen LogP contribution in [-0.4, -0.2) is 35.8 Å². The molecule has 0 aliphatic heterocycles. The van der Waals surface area contributed by atoms with Gasteiger partial charge in [-0.25, -0.2) is 0 Å². The van der Waals surface area contributed by atoms with E-state index in [-0.39, 0.29) is 11.8 Å². The summed E-state index contributed by atoms with van der Waals surface area (Å²) in [5.41, 5.74) is 11.0. The van der Waals surface area contributed by atoms with Gasteiger partial charge in [0.05, 0.1) is 6.04 Å². The summed E-state index contributed by atoms with van der Waals surface area (Å²) >= 11 is 0. The highest BCUT2D eigenvalue weighted by Crippen LogP contribution is 2.02. The van der Waals surface area contributed by atoms with Crippen molar-refractivity contribution in [2.75, 3.05) is 13.1 Å². The molecule has 2 amide bonds. The van der Waals surface area contributed by atoms with E-state index in [2.05, 4.69) is 0 Å². The molecule has 0 radical (unpaired) electrons. The van der Waals surface area contributed by atoms with E-state index in [1.165, 1.54) is 11.8 Å². The molecule has 0 saturated heterocycles. The molecule has 15 heavy (non-hydrogen) atoms. The molecule has 4 N–H and O–H groups in total. The van der Waals surface area contributed by atoms with Crippen LogP contribution in [-0.2, 0) is 9.59 Å². The fourth-order valence-corrected chi connectivity index (χ4v) is 1.37. The van der Waals surface area contributed by atoms with Crippen molar-refractivity contribution in [3.05, 3.63) is 0 Å². The average Bonchev–Trinajstić information content (AvgIpc) is 2.18. The van der Waals surface area contributed by atoms with Gasteiger partial charge < -0.3 is 11.5 Å². The topological polar surface area (TPSA) is 89.4 Å². The Labute approximate surface area is 90.8 Å². The molecular formula is C10H21N3O2. The minimum atomic E-state index is -0.583. The minimum Gasteiger partial charge on any atom is -0.330 e. The Balaban J connectivity index is 4.11. The van der Waals surface area contributed by atoms with E-state index in [0.29, 0.717) is 19.5 Å². The third kappa shape index (κ3) is 4.90. The lowest BCUT2D eigenvalue weighted by Crippen LogP contribution is -2.45. The van der Waals surface area contributed by atoms with Crippen molar-refractivity contribution in [3.8, 4) is 0 Å². The largest absolute Gasteiger partial charge is 0.330 e. The van der Waals surface area contributed by atoms with Gasteiger partial charge in [0.15, 0.2) is 0 Å². The summed E-state index contributed by atoms with van der Waals surface area (Å²) in [5.74, 6) is -0.543. The van der Waals surface area contributed by atoms with Crippen LogP contribution in [0.2, 0.25) is 0 Å². The highest BCUT2D eigenvalue weighted by molar-refractivity contribution is 5.96. The molecule has 0 aliphatic carbocycles. The predicted molar refractivity (Wildman–Crippen MR) is 58.9 cm³/mol. The summed E-state index contributed by atoms with van der Waals surface area (Å²) in [4.78, 5) is 23.9. The Morgan fingerprint density at radius 3 is 2.33 bits per heavy atom. The average molecular weight is 215 g/mol. The Morgan fingerprint density at radius 1 is 1.33 bits per heavy atom. The lowest BCUT2D eigenvalue weighted by atomic mass is 10.1. The maximum Gasteiger partial charge on any atom is 0.246 e. The first-order valence-corrected chi connectivity index (χ1v) is 5.32. The zero-order chi connectivity index (χ0) is 11.8. The SMILES string of the molecule is CCN(C(C)=O)C(=O)[C@@H](N)CCCCN. The number of nitrogens with two attached hydrogens (primary N) is 2. The second-order valence-corrected chi connectivity index (χ2v) is 3.49. The normalized spacial score (nSPS) is 12.3. The molecule has 0 fully saturated rings. The second kappa shape index (κ2) is 7.36. The molecule has 5 nitrogen and oxygen atoms in total. The quantitative estimate of drug-likeness (QED) is 0.602. The fraction of sp³-hybridized carbons (Fsp3) is 0.800. The van der Waals surface area contributed by atoms with Gasteiger partial charge in [-0.3, -0.25) is 14.5 Å². The first-order chi connectivity index (χ1) is 7.04. The highest BCUT2D eigenvalue weighted by atomic mass is 16.2. The van der Waals surface area contributed by atoms with Crippen LogP contribution in [0.5, 0.6) is 0 Å². The summed E-state index contributed by atoms with van der Waals surface area (Å²) in [7, 11) is 0. The van der Waals surface area contributed by atoms with Gasteiger partial charge in [-0.15, -0.1) is 0 Å². The molecule has 0 spiro atoms. The Kier molecular flexibility index (Phi) is 6.90. The van der Waals surface area contributed by atoms with Gasteiger partial charge in [-0.05, 0) is 26.3 Å². The minimum absolute atomic E-state index is 0.253. The van der Waals surface area contributed by atoms with Gasteiger partial charge >= 0.3 is 0 Å². The van der Waals surface area contributed by atoms with Gasteiger partial charge in [-0.2, -0.15) is 0 Å². The molecule has 88 valence electrons. The van der Waals surface area contributed by atoms with Crippen molar-refractivity contribution < 1.29 is 9.59 Å². The van der Waals surface area contributed by atoms with E-state index in [0.717, 1.165) is 12.8 Å². The number of amides is 2. The first kappa shape index (κ1) is 14.1. The maximum absolute atomic E-state index is 11.7. The molecule has 0 saturated carbocycles. The van der Waals surface area contributed by atoms with Crippen LogP contribution in [0.4, 0.5) is 0 Å². The third-order valence-corrected chi connectivity index (χ3v) is 2.25. The predicted octanol–water partition coefficient (Wildman–Crippen LogP) is -0.162. The van der Waals surface area contributed by atoms with E-state index in [1.807, 2.05) is 0 Å². The number of carbonyl (C=O) groups is 2. The molecule has 0 aliphatic rings. The Bertz CT molecular complexity index is 219. The summed E-state index contributed by atoms with van der Waals surface area (Å²) in [6.45, 7) is 4.10. The number of unbranched alkanes of at least 4 members (excludes halogenated alkanes) is 1. The van der Waals surface area contributed by atoms with E-state index in [9.17, 15) is 9.59 Å². The van der Waals surface area contributed by atoms with E-state index in [1.54, 1.807) is 6.92 Å². The van der Waals surface area contributed by atoms with Gasteiger partial charge in [0.25, 0.3) is 0 Å². The Morgan fingerprint density at radius 2 is 1.93 bits per heavy atom. The third-order valence-electron chi connectivity index (χ3n) is 2.25. The zero-order valence-electron chi connectivity index (χ0n) is 9.53. The number of imide groups is 1. The van der Waals surface area contributed by atoms with Crippen molar-refractivity contribution in [3.63, 3.8) is 0 Å². The van der Waals surface area contributed by atoms with Crippen molar-refractivity contribution in [2.45, 2.75) is 39.2 Å². The molecule has 1 atom stereocenters. The molecular weight excluding hydrogens is 194 g/mol. The Hall–Kier alpha value is -0.940. The van der Waals surface area contributed by atoms with E-state index < -0.39 is 6.04 Å². The lowest BCUT2D eigenvalue weighted by Gasteiger charge is -2.20.